The largest absolute Gasteiger partial charge is 0.272 e. The molecule has 0 aliphatic heterocycles. The van der Waals surface area contributed by atoms with Crippen molar-refractivity contribution in [2.24, 2.45) is 5.92 Å². The minimum atomic E-state index is -0.500. The summed E-state index contributed by atoms with van der Waals surface area (Å²) in [6.07, 6.45) is 0.402. The van der Waals surface area contributed by atoms with E-state index in [0.29, 0.717) is 12.0 Å². The Hall–Kier alpha value is -1.16. The van der Waals surface area contributed by atoms with Crippen LogP contribution in [-0.4, -0.2) is 10.3 Å². The van der Waals surface area contributed by atoms with Crippen LogP contribution >= 0.6 is 11.6 Å². The van der Waals surface area contributed by atoms with Crippen molar-refractivity contribution >= 4 is 17.3 Å². The van der Waals surface area contributed by atoms with Gasteiger partial charge in [0, 0.05) is 17.0 Å². The topological polar surface area (TPSA) is 43.1 Å². The minimum absolute atomic E-state index is 0.0504. The van der Waals surface area contributed by atoms with Crippen molar-refractivity contribution < 1.29 is 9.31 Å². The molecule has 0 aliphatic carbocycles. The third kappa shape index (κ3) is 3.17. The number of hydrogen-bond acceptors (Lipinski definition) is 2. The molecule has 5 heteroatoms. The highest BCUT2D eigenvalue weighted by atomic mass is 35.5. The van der Waals surface area contributed by atoms with Crippen LogP contribution in [0.15, 0.2) is 18.2 Å². The van der Waals surface area contributed by atoms with Gasteiger partial charge in [-0.1, -0.05) is 6.92 Å². The molecule has 1 aromatic carbocycles. The molecule has 2 atom stereocenters. The Bertz CT molecular complexity index is 396. The molecular formula is C11H13ClFNO2. The highest BCUT2D eigenvalue weighted by molar-refractivity contribution is 6.20. The van der Waals surface area contributed by atoms with Crippen LogP contribution in [0, 0.1) is 21.8 Å². The first-order valence-electron chi connectivity index (χ1n) is 4.98. The maximum absolute atomic E-state index is 13.0. The van der Waals surface area contributed by atoms with Crippen LogP contribution in [0.1, 0.15) is 19.4 Å². The van der Waals surface area contributed by atoms with Crippen molar-refractivity contribution in [3.05, 3.63) is 39.7 Å². The summed E-state index contributed by atoms with van der Waals surface area (Å²) >= 11 is 5.89. The number of nitrogens with zero attached hydrogens (tertiary/aromatic N) is 1. The Morgan fingerprint density at radius 1 is 1.50 bits per heavy atom. The predicted molar refractivity (Wildman–Crippen MR) is 61.2 cm³/mol. The average Bonchev–Trinajstić information content (AvgIpc) is 2.16. The van der Waals surface area contributed by atoms with E-state index in [0.717, 1.165) is 6.07 Å². The Balaban J connectivity index is 3.01. The molecule has 0 heterocycles. The fourth-order valence-electron chi connectivity index (χ4n) is 1.40. The zero-order valence-electron chi connectivity index (χ0n) is 9.11. The lowest BCUT2D eigenvalue weighted by molar-refractivity contribution is -0.385. The standard InChI is InChI=1S/C11H13ClFNO2/c1-7(8(2)12)5-9-6-10(13)3-4-11(9)14(15)16/h3-4,6-8H,5H2,1-2H3. The highest BCUT2D eigenvalue weighted by Gasteiger charge is 2.18. The number of benzene rings is 1. The van der Waals surface area contributed by atoms with Gasteiger partial charge in [0.2, 0.25) is 0 Å². The van der Waals surface area contributed by atoms with Gasteiger partial charge in [-0.3, -0.25) is 10.1 Å². The van der Waals surface area contributed by atoms with Gasteiger partial charge in [0.05, 0.1) is 4.92 Å². The molecule has 1 aromatic rings. The monoisotopic (exact) mass is 245 g/mol. The Morgan fingerprint density at radius 2 is 2.12 bits per heavy atom. The summed E-state index contributed by atoms with van der Waals surface area (Å²) in [4.78, 5) is 10.2. The van der Waals surface area contributed by atoms with Gasteiger partial charge in [0.15, 0.2) is 0 Å². The van der Waals surface area contributed by atoms with Crippen LogP contribution in [0.4, 0.5) is 10.1 Å². The molecule has 3 nitrogen and oxygen atoms in total. The summed E-state index contributed by atoms with van der Waals surface area (Å²) in [5.74, 6) is -0.405. The first-order valence-corrected chi connectivity index (χ1v) is 5.42. The van der Waals surface area contributed by atoms with Gasteiger partial charge in [0.25, 0.3) is 5.69 Å². The Labute approximate surface area is 98.4 Å². The summed E-state index contributed by atoms with van der Waals surface area (Å²) in [5, 5.41) is 10.6. The third-order valence-electron chi connectivity index (χ3n) is 2.56. The van der Waals surface area contributed by atoms with Crippen LogP contribution in [0.2, 0.25) is 0 Å². The summed E-state index contributed by atoms with van der Waals surface area (Å²) in [7, 11) is 0. The fraction of sp³-hybridized carbons (Fsp3) is 0.455. The summed E-state index contributed by atoms with van der Waals surface area (Å²) < 4.78 is 13.0. The van der Waals surface area contributed by atoms with Gasteiger partial charge in [-0.2, -0.15) is 0 Å². The molecule has 0 saturated heterocycles. The molecule has 0 aliphatic rings. The van der Waals surface area contributed by atoms with E-state index >= 15 is 0 Å². The van der Waals surface area contributed by atoms with Gasteiger partial charge in [-0.25, -0.2) is 4.39 Å². The zero-order valence-corrected chi connectivity index (χ0v) is 9.87. The molecule has 2 unspecified atom stereocenters. The van der Waals surface area contributed by atoms with E-state index in [-0.39, 0.29) is 17.0 Å². The first-order chi connectivity index (χ1) is 7.41. The van der Waals surface area contributed by atoms with E-state index in [9.17, 15) is 14.5 Å². The van der Waals surface area contributed by atoms with Crippen molar-refractivity contribution in [3.63, 3.8) is 0 Å². The smallest absolute Gasteiger partial charge is 0.258 e. The second-order valence-electron chi connectivity index (χ2n) is 3.89. The van der Waals surface area contributed by atoms with Crippen LogP contribution < -0.4 is 0 Å². The normalized spacial score (nSPS) is 14.5. The first kappa shape index (κ1) is 12.9. The lowest BCUT2D eigenvalue weighted by atomic mass is 9.97. The lowest BCUT2D eigenvalue weighted by Gasteiger charge is -2.13. The number of halogens is 2. The predicted octanol–water partition coefficient (Wildman–Crippen LogP) is 3.54. The third-order valence-corrected chi connectivity index (χ3v) is 2.99. The highest BCUT2D eigenvalue weighted by Crippen LogP contribution is 2.24. The molecule has 0 amide bonds. The molecule has 0 bridgehead atoms. The van der Waals surface area contributed by atoms with Gasteiger partial charge in [-0.05, 0) is 31.4 Å². The molecule has 88 valence electrons. The van der Waals surface area contributed by atoms with Crippen molar-refractivity contribution in [2.75, 3.05) is 0 Å². The van der Waals surface area contributed by atoms with Gasteiger partial charge in [0.1, 0.15) is 5.82 Å². The van der Waals surface area contributed by atoms with E-state index in [1.165, 1.54) is 12.1 Å². The van der Waals surface area contributed by atoms with E-state index < -0.39 is 10.7 Å². The van der Waals surface area contributed by atoms with Gasteiger partial charge >= 0.3 is 0 Å². The average molecular weight is 246 g/mol. The number of nitro benzene ring substituents is 1. The van der Waals surface area contributed by atoms with Crippen LogP contribution in [0.25, 0.3) is 0 Å². The minimum Gasteiger partial charge on any atom is -0.258 e. The van der Waals surface area contributed by atoms with Crippen molar-refractivity contribution in [1.29, 1.82) is 0 Å². The molecule has 1 rings (SSSR count). The second-order valence-corrected chi connectivity index (χ2v) is 4.58. The number of nitro groups is 1. The lowest BCUT2D eigenvalue weighted by Crippen LogP contribution is -2.11. The number of rotatable bonds is 4. The molecule has 16 heavy (non-hydrogen) atoms. The zero-order chi connectivity index (χ0) is 12.3. The summed E-state index contributed by atoms with van der Waals surface area (Å²) in [6.45, 7) is 3.70. The molecular weight excluding hydrogens is 233 g/mol. The Morgan fingerprint density at radius 3 is 2.62 bits per heavy atom. The number of alkyl halides is 1. The van der Waals surface area contributed by atoms with Crippen molar-refractivity contribution in [3.8, 4) is 0 Å². The SMILES string of the molecule is CC(Cl)C(C)Cc1cc(F)ccc1[N+](=O)[O-]. The molecule has 0 saturated carbocycles. The maximum atomic E-state index is 13.0. The fourth-order valence-corrected chi connectivity index (χ4v) is 1.49. The molecule has 0 N–H and O–H groups in total. The van der Waals surface area contributed by atoms with E-state index in [1.54, 1.807) is 0 Å². The Kier molecular flexibility index (Phi) is 4.24. The summed E-state index contributed by atoms with van der Waals surface area (Å²) in [6, 6.07) is 3.49. The van der Waals surface area contributed by atoms with E-state index in [1.807, 2.05) is 13.8 Å². The molecule has 0 aromatic heterocycles. The maximum Gasteiger partial charge on any atom is 0.272 e. The molecule has 0 fully saturated rings. The second kappa shape index (κ2) is 5.25. The van der Waals surface area contributed by atoms with Crippen LogP contribution in [-0.2, 0) is 6.42 Å². The van der Waals surface area contributed by atoms with Gasteiger partial charge in [-0.15, -0.1) is 11.6 Å². The quantitative estimate of drug-likeness (QED) is 0.463. The van der Waals surface area contributed by atoms with E-state index in [4.69, 9.17) is 11.6 Å². The molecule has 0 radical (unpaired) electrons. The van der Waals surface area contributed by atoms with Gasteiger partial charge < -0.3 is 0 Å². The van der Waals surface area contributed by atoms with Crippen molar-refractivity contribution in [1.82, 2.24) is 0 Å². The number of hydrogen-bond donors (Lipinski definition) is 0. The van der Waals surface area contributed by atoms with Crippen LogP contribution in [0.5, 0.6) is 0 Å². The van der Waals surface area contributed by atoms with Crippen molar-refractivity contribution in [2.45, 2.75) is 25.6 Å². The van der Waals surface area contributed by atoms with E-state index in [2.05, 4.69) is 0 Å². The van der Waals surface area contributed by atoms with Crippen LogP contribution in [0.3, 0.4) is 0 Å². The summed E-state index contributed by atoms with van der Waals surface area (Å²) in [5.41, 5.74) is 0.343. The molecule has 0 spiro atoms.